The summed E-state index contributed by atoms with van der Waals surface area (Å²) in [6.45, 7) is 4.96. The van der Waals surface area contributed by atoms with Crippen molar-refractivity contribution in [2.75, 3.05) is 44.4 Å². The number of methoxy groups -OCH3 is 1. The van der Waals surface area contributed by atoms with Gasteiger partial charge in [0.05, 0.1) is 7.11 Å². The van der Waals surface area contributed by atoms with E-state index in [2.05, 4.69) is 37.5 Å². The lowest BCUT2D eigenvalue weighted by atomic mass is 10.1. The summed E-state index contributed by atoms with van der Waals surface area (Å²) in [5.41, 5.74) is 0. The molecule has 0 radical (unpaired) electrons. The molecule has 0 aliphatic carbocycles. The first-order valence-corrected chi connectivity index (χ1v) is 6.70. The zero-order chi connectivity index (χ0) is 13.7. The van der Waals surface area contributed by atoms with Crippen LogP contribution in [-0.4, -0.2) is 59.7 Å². The molecule has 1 aliphatic heterocycles. The second-order valence-electron chi connectivity index (χ2n) is 4.72. The third-order valence-electron chi connectivity index (χ3n) is 3.18. The summed E-state index contributed by atoms with van der Waals surface area (Å²) in [5.74, 6) is 1.13. The molecule has 2 rings (SSSR count). The number of hydrogen-bond donors (Lipinski definition) is 2. The Kier molecular flexibility index (Phi) is 4.73. The van der Waals surface area contributed by atoms with Gasteiger partial charge in [0.1, 0.15) is 0 Å². The van der Waals surface area contributed by atoms with Crippen molar-refractivity contribution in [1.29, 1.82) is 0 Å². The van der Waals surface area contributed by atoms with Crippen molar-refractivity contribution in [3.05, 3.63) is 0 Å². The predicted molar refractivity (Wildman–Crippen MR) is 74.7 cm³/mol. The zero-order valence-corrected chi connectivity index (χ0v) is 11.8. The van der Waals surface area contributed by atoms with E-state index in [1.54, 1.807) is 7.11 Å². The van der Waals surface area contributed by atoms with Gasteiger partial charge in [-0.1, -0.05) is 0 Å². The monoisotopic (exact) mass is 266 g/mol. The maximum absolute atomic E-state index is 5.10. The third-order valence-corrected chi connectivity index (χ3v) is 3.18. The first-order valence-electron chi connectivity index (χ1n) is 6.70. The number of nitrogens with one attached hydrogen (secondary N) is 2. The Hall–Kier alpha value is -1.63. The lowest BCUT2D eigenvalue weighted by Gasteiger charge is -2.29. The van der Waals surface area contributed by atoms with Crippen molar-refractivity contribution in [3.8, 4) is 6.01 Å². The van der Waals surface area contributed by atoms with Crippen LogP contribution in [0.4, 0.5) is 11.9 Å². The number of hydrogen-bond acceptors (Lipinski definition) is 7. The summed E-state index contributed by atoms with van der Waals surface area (Å²) >= 11 is 0. The van der Waals surface area contributed by atoms with Crippen molar-refractivity contribution < 1.29 is 4.74 Å². The fourth-order valence-corrected chi connectivity index (χ4v) is 2.09. The molecule has 1 aliphatic rings. The molecule has 0 saturated carbocycles. The van der Waals surface area contributed by atoms with E-state index < -0.39 is 0 Å². The van der Waals surface area contributed by atoms with Crippen LogP contribution in [0, 0.1) is 0 Å². The van der Waals surface area contributed by atoms with E-state index in [0.717, 1.165) is 32.5 Å². The Morgan fingerprint density at radius 3 is 2.53 bits per heavy atom. The van der Waals surface area contributed by atoms with E-state index in [1.807, 2.05) is 6.92 Å². The Balaban J connectivity index is 2.04. The highest BCUT2D eigenvalue weighted by atomic mass is 16.5. The smallest absolute Gasteiger partial charge is 0.322 e. The van der Waals surface area contributed by atoms with E-state index in [0.29, 0.717) is 23.9 Å². The average molecular weight is 266 g/mol. The van der Waals surface area contributed by atoms with Gasteiger partial charge in [0.25, 0.3) is 0 Å². The number of aromatic nitrogens is 3. The average Bonchev–Trinajstić information content (AvgIpc) is 2.41. The van der Waals surface area contributed by atoms with Crippen LogP contribution in [0.15, 0.2) is 0 Å². The van der Waals surface area contributed by atoms with Crippen molar-refractivity contribution in [2.45, 2.75) is 25.8 Å². The number of ether oxygens (including phenoxy) is 1. The summed E-state index contributed by atoms with van der Waals surface area (Å²) in [4.78, 5) is 15.1. The quantitative estimate of drug-likeness (QED) is 0.817. The molecule has 7 nitrogen and oxygen atoms in total. The molecule has 0 atom stereocenters. The van der Waals surface area contributed by atoms with Gasteiger partial charge in [-0.25, -0.2) is 0 Å². The van der Waals surface area contributed by atoms with Crippen LogP contribution in [0.25, 0.3) is 0 Å². The van der Waals surface area contributed by atoms with Gasteiger partial charge in [-0.2, -0.15) is 15.0 Å². The van der Waals surface area contributed by atoms with Gasteiger partial charge in [-0.15, -0.1) is 0 Å². The molecule has 1 fully saturated rings. The van der Waals surface area contributed by atoms with Gasteiger partial charge in [-0.05, 0) is 39.9 Å². The normalized spacial score (nSPS) is 17.2. The first kappa shape index (κ1) is 13.8. The van der Waals surface area contributed by atoms with Gasteiger partial charge in [0.2, 0.25) is 11.9 Å². The lowest BCUT2D eigenvalue weighted by Crippen LogP contribution is -2.37. The van der Waals surface area contributed by atoms with E-state index in [9.17, 15) is 0 Å². The molecule has 106 valence electrons. The zero-order valence-electron chi connectivity index (χ0n) is 11.8. The molecular weight excluding hydrogens is 244 g/mol. The number of anilines is 2. The van der Waals surface area contributed by atoms with Crippen molar-refractivity contribution in [2.24, 2.45) is 0 Å². The van der Waals surface area contributed by atoms with Crippen molar-refractivity contribution >= 4 is 11.9 Å². The number of rotatable bonds is 5. The van der Waals surface area contributed by atoms with Gasteiger partial charge < -0.3 is 20.3 Å². The third kappa shape index (κ3) is 3.92. The maximum Gasteiger partial charge on any atom is 0.322 e. The highest BCUT2D eigenvalue weighted by Gasteiger charge is 2.18. The van der Waals surface area contributed by atoms with Gasteiger partial charge in [-0.3, -0.25) is 0 Å². The van der Waals surface area contributed by atoms with Gasteiger partial charge in [0.15, 0.2) is 0 Å². The molecule has 0 amide bonds. The summed E-state index contributed by atoms with van der Waals surface area (Å²) in [5, 5.41) is 6.44. The van der Waals surface area contributed by atoms with Gasteiger partial charge in [0, 0.05) is 12.6 Å². The lowest BCUT2D eigenvalue weighted by molar-refractivity contribution is 0.263. The number of piperidine rings is 1. The molecule has 1 aromatic heterocycles. The van der Waals surface area contributed by atoms with Crippen LogP contribution < -0.4 is 15.4 Å². The molecule has 0 bridgehead atoms. The Bertz CT molecular complexity index is 405. The molecule has 2 N–H and O–H groups in total. The summed E-state index contributed by atoms with van der Waals surface area (Å²) in [7, 11) is 3.70. The highest BCUT2D eigenvalue weighted by molar-refractivity contribution is 5.36. The van der Waals surface area contributed by atoms with Gasteiger partial charge >= 0.3 is 6.01 Å². The van der Waals surface area contributed by atoms with Crippen LogP contribution in [0.5, 0.6) is 6.01 Å². The fourth-order valence-electron chi connectivity index (χ4n) is 2.09. The molecular formula is C12H22N6O. The van der Waals surface area contributed by atoms with E-state index in [-0.39, 0.29) is 0 Å². The summed E-state index contributed by atoms with van der Waals surface area (Å²) in [6.07, 6.45) is 2.20. The van der Waals surface area contributed by atoms with Crippen LogP contribution >= 0.6 is 0 Å². The minimum Gasteiger partial charge on any atom is -0.467 e. The van der Waals surface area contributed by atoms with Crippen molar-refractivity contribution in [3.63, 3.8) is 0 Å². The van der Waals surface area contributed by atoms with E-state index in [4.69, 9.17) is 4.74 Å². The second kappa shape index (κ2) is 6.51. The molecule has 1 saturated heterocycles. The van der Waals surface area contributed by atoms with Crippen molar-refractivity contribution in [1.82, 2.24) is 19.9 Å². The topological polar surface area (TPSA) is 75.2 Å². The summed E-state index contributed by atoms with van der Waals surface area (Å²) in [6, 6.07) is 0.749. The SMILES string of the molecule is CCNc1nc(NC2CCN(C)CC2)nc(OC)n1. The largest absolute Gasteiger partial charge is 0.467 e. The Morgan fingerprint density at radius 1 is 1.21 bits per heavy atom. The predicted octanol–water partition coefficient (Wildman–Crippen LogP) is 0.818. The highest BCUT2D eigenvalue weighted by Crippen LogP contribution is 2.16. The Labute approximate surface area is 113 Å². The first-order chi connectivity index (χ1) is 9.21. The summed E-state index contributed by atoms with van der Waals surface area (Å²) < 4.78 is 5.10. The minimum atomic E-state index is 0.335. The molecule has 1 aromatic rings. The molecule has 0 unspecified atom stereocenters. The molecule has 19 heavy (non-hydrogen) atoms. The van der Waals surface area contributed by atoms with E-state index in [1.165, 1.54) is 0 Å². The maximum atomic E-state index is 5.10. The standard InChI is InChI=1S/C12H22N6O/c1-4-13-10-15-11(17-12(16-10)19-3)14-9-5-7-18(2)8-6-9/h9H,4-8H2,1-3H3,(H2,13,14,15,16,17). The van der Waals surface area contributed by atoms with Crippen LogP contribution in [0.3, 0.4) is 0 Å². The molecule has 0 spiro atoms. The molecule has 7 heteroatoms. The van der Waals surface area contributed by atoms with Crippen LogP contribution in [-0.2, 0) is 0 Å². The van der Waals surface area contributed by atoms with Crippen LogP contribution in [0.2, 0.25) is 0 Å². The second-order valence-corrected chi connectivity index (χ2v) is 4.72. The Morgan fingerprint density at radius 2 is 1.89 bits per heavy atom. The van der Waals surface area contributed by atoms with E-state index >= 15 is 0 Å². The number of likely N-dealkylation sites (tertiary alicyclic amines) is 1. The van der Waals surface area contributed by atoms with Crippen LogP contribution in [0.1, 0.15) is 19.8 Å². The molecule has 2 heterocycles. The molecule has 0 aromatic carbocycles. The fraction of sp³-hybridized carbons (Fsp3) is 0.750. The minimum absolute atomic E-state index is 0.335. The number of nitrogens with zero attached hydrogens (tertiary/aromatic N) is 4.